The molecule has 1 aromatic rings. The molecule has 8 heteroatoms. The summed E-state index contributed by atoms with van der Waals surface area (Å²) in [5, 5.41) is 9.00. The van der Waals surface area contributed by atoms with Gasteiger partial charge in [0.1, 0.15) is 0 Å². The first kappa shape index (κ1) is 15.0. The average molecular weight is 287 g/mol. The molecule has 0 unspecified atom stereocenters. The van der Waals surface area contributed by atoms with Crippen LogP contribution in [0.15, 0.2) is 24.3 Å². The van der Waals surface area contributed by atoms with Gasteiger partial charge >= 0.3 is 11.9 Å². The normalized spacial score (nSPS) is 10.8. The van der Waals surface area contributed by atoms with E-state index in [0.29, 0.717) is 0 Å². The van der Waals surface area contributed by atoms with Crippen LogP contribution in [0, 0.1) is 0 Å². The third-order valence-electron chi connectivity index (χ3n) is 2.42. The first-order valence-corrected chi connectivity index (χ1v) is 6.76. The second kappa shape index (κ2) is 5.70. The summed E-state index contributed by atoms with van der Waals surface area (Å²) < 4.78 is 28.9. The molecule has 0 amide bonds. The summed E-state index contributed by atoms with van der Waals surface area (Å²) >= 11 is 0. The van der Waals surface area contributed by atoms with Crippen molar-refractivity contribution in [1.82, 2.24) is 0 Å². The minimum absolute atomic E-state index is 0.0149. The van der Waals surface area contributed by atoms with Gasteiger partial charge in [-0.15, -0.1) is 0 Å². The predicted octanol–water partition coefficient (Wildman–Crippen LogP) is 0.324. The van der Waals surface area contributed by atoms with Gasteiger partial charge in [0.05, 0.1) is 18.4 Å². The number of rotatable bonds is 5. The number of sulfonamides is 1. The molecule has 1 N–H and O–H groups in total. The molecule has 0 aliphatic heterocycles. The molecule has 0 atom stereocenters. The molecular formula is C11H13NO6S. The Morgan fingerprint density at radius 3 is 2.42 bits per heavy atom. The van der Waals surface area contributed by atoms with Gasteiger partial charge in [-0.3, -0.25) is 9.10 Å². The maximum absolute atomic E-state index is 11.9. The molecule has 0 radical (unpaired) electrons. The average Bonchev–Trinajstić information content (AvgIpc) is 2.37. The maximum Gasteiger partial charge on any atom is 0.337 e. The highest BCUT2D eigenvalue weighted by Crippen LogP contribution is 2.22. The van der Waals surface area contributed by atoms with Crippen molar-refractivity contribution in [2.75, 3.05) is 24.2 Å². The predicted molar refractivity (Wildman–Crippen MR) is 67.6 cm³/mol. The number of anilines is 1. The van der Waals surface area contributed by atoms with Crippen LogP contribution in [0.5, 0.6) is 0 Å². The molecule has 19 heavy (non-hydrogen) atoms. The van der Waals surface area contributed by atoms with E-state index in [-0.39, 0.29) is 11.3 Å². The Kier molecular flexibility index (Phi) is 4.49. The minimum atomic E-state index is -3.99. The Morgan fingerprint density at radius 1 is 1.32 bits per heavy atom. The largest absolute Gasteiger partial charge is 0.478 e. The van der Waals surface area contributed by atoms with Crippen LogP contribution in [0.2, 0.25) is 0 Å². The van der Waals surface area contributed by atoms with Gasteiger partial charge in [-0.1, -0.05) is 12.1 Å². The van der Waals surface area contributed by atoms with Gasteiger partial charge in [0.2, 0.25) is 10.0 Å². The number of aromatic carboxylic acids is 1. The summed E-state index contributed by atoms with van der Waals surface area (Å²) in [5.74, 6) is -3.02. The number of ether oxygens (including phenoxy) is 1. The van der Waals surface area contributed by atoms with Gasteiger partial charge in [0.25, 0.3) is 0 Å². The van der Waals surface area contributed by atoms with Gasteiger partial charge in [0, 0.05) is 7.05 Å². The van der Waals surface area contributed by atoms with Crippen LogP contribution in [0.3, 0.4) is 0 Å². The van der Waals surface area contributed by atoms with Crippen molar-refractivity contribution in [2.45, 2.75) is 0 Å². The van der Waals surface area contributed by atoms with Crippen LogP contribution in [0.4, 0.5) is 5.69 Å². The number of benzene rings is 1. The van der Waals surface area contributed by atoms with Crippen LogP contribution in [-0.4, -0.2) is 45.4 Å². The molecule has 0 saturated carbocycles. The van der Waals surface area contributed by atoms with Crippen LogP contribution in [0.1, 0.15) is 10.4 Å². The minimum Gasteiger partial charge on any atom is -0.478 e. The number of nitrogens with zero attached hydrogens (tertiary/aromatic N) is 1. The lowest BCUT2D eigenvalue weighted by atomic mass is 10.2. The Bertz CT molecular complexity index is 595. The van der Waals surface area contributed by atoms with E-state index in [0.717, 1.165) is 11.4 Å². The smallest absolute Gasteiger partial charge is 0.337 e. The Hall–Kier alpha value is -2.09. The third-order valence-corrected chi connectivity index (χ3v) is 4.05. The number of carboxylic acid groups (broad SMARTS) is 1. The Balaban J connectivity index is 3.17. The number of hydrogen-bond acceptors (Lipinski definition) is 5. The molecule has 0 spiro atoms. The van der Waals surface area contributed by atoms with Crippen LogP contribution in [0.25, 0.3) is 0 Å². The van der Waals surface area contributed by atoms with Crippen molar-refractivity contribution in [3.63, 3.8) is 0 Å². The molecule has 7 nitrogen and oxygen atoms in total. The fraction of sp³-hybridized carbons (Fsp3) is 0.273. The number of methoxy groups -OCH3 is 1. The summed E-state index contributed by atoms with van der Waals surface area (Å²) in [4.78, 5) is 22.1. The zero-order chi connectivity index (χ0) is 14.6. The first-order valence-electron chi connectivity index (χ1n) is 5.15. The molecule has 1 aromatic carbocycles. The Labute approximate surface area is 110 Å². The van der Waals surface area contributed by atoms with Crippen molar-refractivity contribution in [1.29, 1.82) is 0 Å². The van der Waals surface area contributed by atoms with E-state index in [1.807, 2.05) is 0 Å². The highest BCUT2D eigenvalue weighted by Gasteiger charge is 2.25. The SMILES string of the molecule is COC(=O)CS(=O)(=O)N(C)c1ccccc1C(=O)O. The fourth-order valence-electron chi connectivity index (χ4n) is 1.38. The summed E-state index contributed by atoms with van der Waals surface area (Å²) in [7, 11) is -1.73. The number of hydrogen-bond donors (Lipinski definition) is 1. The highest BCUT2D eigenvalue weighted by atomic mass is 32.2. The zero-order valence-corrected chi connectivity index (χ0v) is 11.2. The molecule has 0 aliphatic carbocycles. The van der Waals surface area contributed by atoms with Gasteiger partial charge in [-0.25, -0.2) is 13.2 Å². The molecule has 0 bridgehead atoms. The molecule has 0 saturated heterocycles. The topological polar surface area (TPSA) is 101 Å². The number of esters is 1. The van der Waals surface area contributed by atoms with Gasteiger partial charge in [-0.2, -0.15) is 0 Å². The van der Waals surface area contributed by atoms with Crippen molar-refractivity contribution < 1.29 is 27.9 Å². The molecule has 1 rings (SSSR count). The van der Waals surface area contributed by atoms with Crippen LogP contribution >= 0.6 is 0 Å². The molecule has 0 aliphatic rings. The van der Waals surface area contributed by atoms with Gasteiger partial charge < -0.3 is 9.84 Å². The highest BCUT2D eigenvalue weighted by molar-refractivity contribution is 7.93. The monoisotopic (exact) mass is 287 g/mol. The lowest BCUT2D eigenvalue weighted by Gasteiger charge is -2.20. The lowest BCUT2D eigenvalue weighted by molar-refractivity contribution is -0.137. The summed E-state index contributed by atoms with van der Waals surface area (Å²) in [5.41, 5.74) is -0.183. The number of carbonyl (C=O) groups excluding carboxylic acids is 1. The number of para-hydroxylation sites is 1. The second-order valence-electron chi connectivity index (χ2n) is 3.62. The molecule has 0 aromatic heterocycles. The van der Waals surface area contributed by atoms with E-state index >= 15 is 0 Å². The van der Waals surface area contributed by atoms with E-state index in [1.165, 1.54) is 31.3 Å². The van der Waals surface area contributed by atoms with Crippen molar-refractivity contribution in [2.24, 2.45) is 0 Å². The maximum atomic E-state index is 11.9. The quantitative estimate of drug-likeness (QED) is 0.783. The van der Waals surface area contributed by atoms with E-state index in [9.17, 15) is 18.0 Å². The van der Waals surface area contributed by atoms with Crippen molar-refractivity contribution >= 4 is 27.6 Å². The fourth-order valence-corrected chi connectivity index (χ4v) is 2.45. The molecule has 104 valence electrons. The summed E-state index contributed by atoms with van der Waals surface area (Å²) in [6, 6.07) is 5.61. The van der Waals surface area contributed by atoms with Gasteiger partial charge in [-0.05, 0) is 12.1 Å². The number of carbonyl (C=O) groups is 2. The molecule has 0 fully saturated rings. The van der Waals surface area contributed by atoms with Crippen molar-refractivity contribution in [3.8, 4) is 0 Å². The van der Waals surface area contributed by atoms with E-state index in [1.54, 1.807) is 0 Å². The lowest BCUT2D eigenvalue weighted by Crippen LogP contribution is -2.33. The molecular weight excluding hydrogens is 274 g/mol. The van der Waals surface area contributed by atoms with Crippen LogP contribution in [-0.2, 0) is 19.6 Å². The third kappa shape index (κ3) is 3.44. The van der Waals surface area contributed by atoms with Crippen molar-refractivity contribution in [3.05, 3.63) is 29.8 Å². The second-order valence-corrected chi connectivity index (χ2v) is 5.62. The summed E-state index contributed by atoms with van der Waals surface area (Å²) in [6.07, 6.45) is 0. The first-order chi connectivity index (χ1) is 8.79. The van der Waals surface area contributed by atoms with E-state index in [4.69, 9.17) is 5.11 Å². The Morgan fingerprint density at radius 2 is 1.89 bits per heavy atom. The van der Waals surface area contributed by atoms with Crippen LogP contribution < -0.4 is 4.31 Å². The molecule has 0 heterocycles. The van der Waals surface area contributed by atoms with E-state index < -0.39 is 27.7 Å². The van der Waals surface area contributed by atoms with E-state index in [2.05, 4.69) is 4.74 Å². The standard InChI is InChI=1S/C11H13NO6S/c1-12(19(16,17)7-10(13)18-2)9-6-4-3-5-8(9)11(14)15/h3-6H,7H2,1-2H3,(H,14,15). The number of carboxylic acids is 1. The zero-order valence-electron chi connectivity index (χ0n) is 10.4. The van der Waals surface area contributed by atoms with Gasteiger partial charge in [0.15, 0.2) is 5.75 Å². The summed E-state index contributed by atoms with van der Waals surface area (Å²) in [6.45, 7) is 0.